The minimum absolute atomic E-state index is 0.133. The van der Waals surface area contributed by atoms with Gasteiger partial charge in [-0.3, -0.25) is 4.79 Å². The average Bonchev–Trinajstić information content (AvgIpc) is 2.30. The van der Waals surface area contributed by atoms with E-state index in [-0.39, 0.29) is 5.56 Å². The molecule has 1 saturated carbocycles. The Kier molecular flexibility index (Phi) is 3.59. The molecule has 2 rings (SSSR count). The van der Waals surface area contributed by atoms with Gasteiger partial charge in [0.2, 0.25) is 0 Å². The van der Waals surface area contributed by atoms with E-state index in [9.17, 15) is 4.79 Å². The Bertz CT molecular complexity index is 388. The lowest BCUT2D eigenvalue weighted by Crippen LogP contribution is -2.27. The smallest absolute Gasteiger partial charge is 0.290 e. The van der Waals surface area contributed by atoms with Crippen LogP contribution in [0.3, 0.4) is 0 Å². The molecule has 4 nitrogen and oxygen atoms in total. The number of H-pyrrole nitrogens is 1. The monoisotopic (exact) mass is 221 g/mol. The highest BCUT2D eigenvalue weighted by Crippen LogP contribution is 2.29. The fraction of sp³-hybridized carbons (Fsp3) is 0.667. The molecule has 0 aromatic carbocycles. The molecule has 1 aliphatic carbocycles. The molecule has 0 radical (unpaired) electrons. The zero-order valence-corrected chi connectivity index (χ0v) is 9.70. The maximum Gasteiger partial charge on any atom is 0.290 e. The number of hydrogen-bond acceptors (Lipinski definition) is 3. The number of anilines is 1. The van der Waals surface area contributed by atoms with Crippen LogP contribution in [-0.4, -0.2) is 16.5 Å². The zero-order valence-electron chi connectivity index (χ0n) is 9.70. The van der Waals surface area contributed by atoms with Crippen molar-refractivity contribution < 1.29 is 0 Å². The third-order valence-corrected chi connectivity index (χ3v) is 3.53. The van der Waals surface area contributed by atoms with Gasteiger partial charge >= 0.3 is 0 Å². The van der Waals surface area contributed by atoms with Crippen molar-refractivity contribution >= 4 is 5.82 Å². The van der Waals surface area contributed by atoms with Gasteiger partial charge in [-0.2, -0.15) is 0 Å². The molecule has 2 unspecified atom stereocenters. The fourth-order valence-corrected chi connectivity index (χ4v) is 2.40. The van der Waals surface area contributed by atoms with Crippen molar-refractivity contribution in [3.8, 4) is 0 Å². The van der Waals surface area contributed by atoms with Gasteiger partial charge in [0.05, 0.1) is 0 Å². The molecule has 2 N–H and O–H groups in total. The van der Waals surface area contributed by atoms with E-state index in [0.29, 0.717) is 11.7 Å². The lowest BCUT2D eigenvalue weighted by atomic mass is 9.80. The Labute approximate surface area is 95.5 Å². The highest BCUT2D eigenvalue weighted by Gasteiger charge is 2.21. The molecule has 16 heavy (non-hydrogen) atoms. The van der Waals surface area contributed by atoms with E-state index in [2.05, 4.69) is 22.2 Å². The Morgan fingerprint density at radius 2 is 2.31 bits per heavy atom. The van der Waals surface area contributed by atoms with Crippen LogP contribution in [0, 0.1) is 11.8 Å². The molecule has 0 aliphatic heterocycles. The molecular formula is C12H19N3O. The lowest BCUT2D eigenvalue weighted by molar-refractivity contribution is 0.268. The van der Waals surface area contributed by atoms with Gasteiger partial charge in [-0.05, 0) is 18.3 Å². The zero-order chi connectivity index (χ0) is 11.4. The summed E-state index contributed by atoms with van der Waals surface area (Å²) < 4.78 is 0. The van der Waals surface area contributed by atoms with Gasteiger partial charge in [0, 0.05) is 18.9 Å². The third-order valence-electron chi connectivity index (χ3n) is 3.53. The minimum Gasteiger partial charge on any atom is -0.365 e. The largest absolute Gasteiger partial charge is 0.365 e. The number of aromatic amines is 1. The minimum atomic E-state index is -0.133. The quantitative estimate of drug-likeness (QED) is 0.820. The first kappa shape index (κ1) is 11.2. The van der Waals surface area contributed by atoms with Crippen LogP contribution in [0.5, 0.6) is 0 Å². The van der Waals surface area contributed by atoms with E-state index >= 15 is 0 Å². The summed E-state index contributed by atoms with van der Waals surface area (Å²) in [4.78, 5) is 18.0. The maximum absolute atomic E-state index is 11.4. The second-order valence-corrected chi connectivity index (χ2v) is 4.67. The summed E-state index contributed by atoms with van der Waals surface area (Å²) in [5.74, 6) is 1.87. The van der Waals surface area contributed by atoms with E-state index in [1.165, 1.54) is 25.7 Å². The number of nitrogens with zero attached hydrogens (tertiary/aromatic N) is 1. The molecule has 1 aliphatic rings. The SMILES string of the molecule is CC1CCCCC1CNc1ncc[nH]c1=O. The van der Waals surface area contributed by atoms with E-state index in [0.717, 1.165) is 12.5 Å². The van der Waals surface area contributed by atoms with Crippen molar-refractivity contribution in [2.75, 3.05) is 11.9 Å². The molecule has 1 aromatic rings. The molecular weight excluding hydrogens is 202 g/mol. The highest BCUT2D eigenvalue weighted by atomic mass is 16.1. The van der Waals surface area contributed by atoms with Crippen LogP contribution in [0.2, 0.25) is 0 Å². The number of nitrogens with one attached hydrogen (secondary N) is 2. The van der Waals surface area contributed by atoms with Gasteiger partial charge in [0.1, 0.15) is 0 Å². The molecule has 1 heterocycles. The van der Waals surface area contributed by atoms with Gasteiger partial charge in [0.25, 0.3) is 5.56 Å². The second kappa shape index (κ2) is 5.14. The normalized spacial score (nSPS) is 25.3. The average molecular weight is 221 g/mol. The first-order valence-corrected chi connectivity index (χ1v) is 6.05. The van der Waals surface area contributed by atoms with Crippen molar-refractivity contribution in [1.82, 2.24) is 9.97 Å². The van der Waals surface area contributed by atoms with Crippen LogP contribution in [-0.2, 0) is 0 Å². The van der Waals surface area contributed by atoms with Gasteiger partial charge in [0.15, 0.2) is 5.82 Å². The molecule has 2 atom stereocenters. The van der Waals surface area contributed by atoms with Gasteiger partial charge in [-0.15, -0.1) is 0 Å². The van der Waals surface area contributed by atoms with Gasteiger partial charge in [-0.25, -0.2) is 4.98 Å². The standard InChI is InChI=1S/C12H19N3O/c1-9-4-2-3-5-10(9)8-15-11-12(16)14-7-6-13-11/h6-7,9-10H,2-5,8H2,1H3,(H,13,15)(H,14,16). The maximum atomic E-state index is 11.4. The topological polar surface area (TPSA) is 57.8 Å². The molecule has 4 heteroatoms. The Morgan fingerprint density at radius 1 is 1.50 bits per heavy atom. The summed E-state index contributed by atoms with van der Waals surface area (Å²) in [6, 6.07) is 0. The van der Waals surface area contributed by atoms with E-state index in [1.54, 1.807) is 12.4 Å². The first-order valence-electron chi connectivity index (χ1n) is 6.05. The Hall–Kier alpha value is -1.32. The predicted octanol–water partition coefficient (Wildman–Crippen LogP) is 2.01. The van der Waals surface area contributed by atoms with Crippen LogP contribution >= 0.6 is 0 Å². The number of rotatable bonds is 3. The first-order chi connectivity index (χ1) is 7.77. The Morgan fingerprint density at radius 3 is 3.06 bits per heavy atom. The summed E-state index contributed by atoms with van der Waals surface area (Å²) in [5, 5.41) is 3.16. The van der Waals surface area contributed by atoms with Crippen LogP contribution in [0.4, 0.5) is 5.82 Å². The Balaban J connectivity index is 1.92. The molecule has 1 fully saturated rings. The molecule has 0 spiro atoms. The molecule has 0 bridgehead atoms. The van der Waals surface area contributed by atoms with E-state index < -0.39 is 0 Å². The second-order valence-electron chi connectivity index (χ2n) is 4.67. The molecule has 1 aromatic heterocycles. The van der Waals surface area contributed by atoms with Crippen LogP contribution < -0.4 is 10.9 Å². The molecule has 0 saturated heterocycles. The van der Waals surface area contributed by atoms with E-state index in [1.807, 2.05) is 0 Å². The molecule has 0 amide bonds. The van der Waals surface area contributed by atoms with E-state index in [4.69, 9.17) is 0 Å². The van der Waals surface area contributed by atoms with Crippen molar-refractivity contribution in [2.45, 2.75) is 32.6 Å². The molecule has 88 valence electrons. The predicted molar refractivity (Wildman–Crippen MR) is 64.5 cm³/mol. The van der Waals surface area contributed by atoms with Crippen molar-refractivity contribution in [3.63, 3.8) is 0 Å². The summed E-state index contributed by atoms with van der Waals surface area (Å²) in [6.07, 6.45) is 8.39. The fourth-order valence-electron chi connectivity index (χ4n) is 2.40. The van der Waals surface area contributed by atoms with Gasteiger partial charge < -0.3 is 10.3 Å². The van der Waals surface area contributed by atoms with Crippen molar-refractivity contribution in [3.05, 3.63) is 22.7 Å². The van der Waals surface area contributed by atoms with Gasteiger partial charge in [-0.1, -0.05) is 26.2 Å². The van der Waals surface area contributed by atoms with Crippen molar-refractivity contribution in [2.24, 2.45) is 11.8 Å². The summed E-state index contributed by atoms with van der Waals surface area (Å²) >= 11 is 0. The van der Waals surface area contributed by atoms with Crippen LogP contribution in [0.15, 0.2) is 17.2 Å². The lowest BCUT2D eigenvalue weighted by Gasteiger charge is -2.28. The van der Waals surface area contributed by atoms with Crippen LogP contribution in [0.1, 0.15) is 32.6 Å². The van der Waals surface area contributed by atoms with Crippen LogP contribution in [0.25, 0.3) is 0 Å². The third kappa shape index (κ3) is 2.62. The number of hydrogen-bond donors (Lipinski definition) is 2. The summed E-state index contributed by atoms with van der Waals surface area (Å²) in [7, 11) is 0. The summed E-state index contributed by atoms with van der Waals surface area (Å²) in [6.45, 7) is 3.16. The highest BCUT2D eigenvalue weighted by molar-refractivity contribution is 5.29. The summed E-state index contributed by atoms with van der Waals surface area (Å²) in [5.41, 5.74) is -0.133. The number of aromatic nitrogens is 2. The van der Waals surface area contributed by atoms with Crippen molar-refractivity contribution in [1.29, 1.82) is 0 Å².